The van der Waals surface area contributed by atoms with Crippen molar-refractivity contribution in [2.24, 2.45) is 0 Å². The normalized spacial score (nSPS) is 24.0. The Morgan fingerprint density at radius 2 is 1.95 bits per heavy atom. The van der Waals surface area contributed by atoms with Crippen molar-refractivity contribution in [3.8, 4) is 5.75 Å². The first-order valence-corrected chi connectivity index (χ1v) is 7.55. The summed E-state index contributed by atoms with van der Waals surface area (Å²) in [7, 11) is 1.66. The van der Waals surface area contributed by atoms with E-state index >= 15 is 0 Å². The van der Waals surface area contributed by atoms with Gasteiger partial charge in [-0.3, -0.25) is 0 Å². The molecule has 21 heavy (non-hydrogen) atoms. The van der Waals surface area contributed by atoms with Gasteiger partial charge in [-0.2, -0.15) is 0 Å². The Balaban J connectivity index is 1.47. The summed E-state index contributed by atoms with van der Waals surface area (Å²) in [6.45, 7) is 2.02. The number of urea groups is 1. The molecular formula is C16H22N2O3. The number of morpholine rings is 1. The highest BCUT2D eigenvalue weighted by atomic mass is 16.5. The van der Waals surface area contributed by atoms with Gasteiger partial charge in [0.25, 0.3) is 0 Å². The topological polar surface area (TPSA) is 50.8 Å². The molecule has 3 rings (SSSR count). The van der Waals surface area contributed by atoms with Gasteiger partial charge in [0.15, 0.2) is 0 Å². The average molecular weight is 290 g/mol. The molecule has 2 aliphatic heterocycles. The molecule has 0 aromatic heterocycles. The average Bonchev–Trinajstić information content (AvgIpc) is 2.77. The number of ether oxygens (including phenoxy) is 2. The van der Waals surface area contributed by atoms with Crippen molar-refractivity contribution in [1.82, 2.24) is 10.2 Å². The van der Waals surface area contributed by atoms with Gasteiger partial charge < -0.3 is 19.7 Å². The maximum atomic E-state index is 12.3. The van der Waals surface area contributed by atoms with E-state index < -0.39 is 0 Å². The Labute approximate surface area is 125 Å². The van der Waals surface area contributed by atoms with Crippen LogP contribution in [0.15, 0.2) is 24.3 Å². The van der Waals surface area contributed by atoms with Gasteiger partial charge in [-0.1, -0.05) is 12.1 Å². The zero-order valence-corrected chi connectivity index (χ0v) is 12.4. The molecule has 0 saturated carbocycles. The fraction of sp³-hybridized carbons (Fsp3) is 0.562. The van der Waals surface area contributed by atoms with Gasteiger partial charge in [0.1, 0.15) is 5.75 Å². The molecule has 114 valence electrons. The van der Waals surface area contributed by atoms with Crippen LogP contribution in [0.2, 0.25) is 0 Å². The number of carbonyl (C=O) groups excluding carboxylic acids is 1. The molecule has 1 aromatic carbocycles. The largest absolute Gasteiger partial charge is 0.497 e. The first-order chi connectivity index (χ1) is 10.3. The fourth-order valence-electron chi connectivity index (χ4n) is 3.16. The molecule has 2 bridgehead atoms. The van der Waals surface area contributed by atoms with E-state index in [0.717, 1.165) is 25.0 Å². The quantitative estimate of drug-likeness (QED) is 0.920. The zero-order valence-electron chi connectivity index (χ0n) is 12.4. The van der Waals surface area contributed by atoms with Crippen LogP contribution in [0.4, 0.5) is 4.79 Å². The maximum Gasteiger partial charge on any atom is 0.318 e. The number of nitrogens with zero attached hydrogens (tertiary/aromatic N) is 1. The highest BCUT2D eigenvalue weighted by Crippen LogP contribution is 2.28. The third-order valence-electron chi connectivity index (χ3n) is 4.32. The number of benzene rings is 1. The molecule has 2 fully saturated rings. The monoisotopic (exact) mass is 290 g/mol. The van der Waals surface area contributed by atoms with Gasteiger partial charge in [-0.15, -0.1) is 0 Å². The SMILES string of the molecule is COc1ccc(CCNC(=O)N2[C@H]3CC[C@H]2COC3)cc1. The third kappa shape index (κ3) is 3.13. The Kier molecular flexibility index (Phi) is 4.29. The minimum atomic E-state index is 0.0549. The number of hydrogen-bond donors (Lipinski definition) is 1. The number of amides is 2. The predicted octanol–water partition coefficient (Wildman–Crippen LogP) is 1.81. The molecule has 0 aliphatic carbocycles. The van der Waals surface area contributed by atoms with E-state index in [0.29, 0.717) is 19.8 Å². The molecule has 2 heterocycles. The van der Waals surface area contributed by atoms with Gasteiger partial charge in [-0.05, 0) is 37.0 Å². The molecule has 5 nitrogen and oxygen atoms in total. The summed E-state index contributed by atoms with van der Waals surface area (Å²) in [5.74, 6) is 0.854. The number of carbonyl (C=O) groups is 1. The summed E-state index contributed by atoms with van der Waals surface area (Å²) in [4.78, 5) is 14.3. The van der Waals surface area contributed by atoms with Gasteiger partial charge in [0.05, 0.1) is 32.4 Å². The van der Waals surface area contributed by atoms with Crippen LogP contribution in [0.5, 0.6) is 5.75 Å². The lowest BCUT2D eigenvalue weighted by atomic mass is 10.1. The lowest BCUT2D eigenvalue weighted by Gasteiger charge is -2.34. The van der Waals surface area contributed by atoms with Crippen LogP contribution in [-0.4, -0.2) is 49.9 Å². The second-order valence-electron chi connectivity index (χ2n) is 5.66. The van der Waals surface area contributed by atoms with Crippen LogP contribution < -0.4 is 10.1 Å². The first kappa shape index (κ1) is 14.2. The lowest BCUT2D eigenvalue weighted by Crippen LogP contribution is -2.53. The molecule has 2 aliphatic rings. The minimum Gasteiger partial charge on any atom is -0.497 e. The Morgan fingerprint density at radius 1 is 1.29 bits per heavy atom. The predicted molar refractivity (Wildman–Crippen MR) is 79.6 cm³/mol. The van der Waals surface area contributed by atoms with Crippen LogP contribution >= 0.6 is 0 Å². The van der Waals surface area contributed by atoms with Crippen molar-refractivity contribution in [2.45, 2.75) is 31.3 Å². The van der Waals surface area contributed by atoms with Crippen molar-refractivity contribution in [3.05, 3.63) is 29.8 Å². The highest BCUT2D eigenvalue weighted by Gasteiger charge is 2.40. The van der Waals surface area contributed by atoms with Crippen LogP contribution in [-0.2, 0) is 11.2 Å². The number of rotatable bonds is 4. The lowest BCUT2D eigenvalue weighted by molar-refractivity contribution is 0.00645. The summed E-state index contributed by atoms with van der Waals surface area (Å²) in [5, 5.41) is 3.03. The van der Waals surface area contributed by atoms with E-state index in [2.05, 4.69) is 5.32 Å². The van der Waals surface area contributed by atoms with E-state index in [9.17, 15) is 4.79 Å². The molecular weight excluding hydrogens is 268 g/mol. The van der Waals surface area contributed by atoms with Crippen LogP contribution in [0.3, 0.4) is 0 Å². The summed E-state index contributed by atoms with van der Waals surface area (Å²) in [6.07, 6.45) is 2.96. The molecule has 0 unspecified atom stereocenters. The Morgan fingerprint density at radius 3 is 2.57 bits per heavy atom. The number of fused-ring (bicyclic) bond motifs is 2. The third-order valence-corrected chi connectivity index (χ3v) is 4.32. The van der Waals surface area contributed by atoms with Crippen molar-refractivity contribution < 1.29 is 14.3 Å². The fourth-order valence-corrected chi connectivity index (χ4v) is 3.16. The Bertz CT molecular complexity index is 473. The summed E-state index contributed by atoms with van der Waals surface area (Å²) in [5.41, 5.74) is 1.20. The van der Waals surface area contributed by atoms with Gasteiger partial charge in [0.2, 0.25) is 0 Å². The molecule has 2 saturated heterocycles. The summed E-state index contributed by atoms with van der Waals surface area (Å²) >= 11 is 0. The smallest absolute Gasteiger partial charge is 0.318 e. The van der Waals surface area contributed by atoms with Gasteiger partial charge in [0, 0.05) is 6.54 Å². The van der Waals surface area contributed by atoms with Crippen molar-refractivity contribution >= 4 is 6.03 Å². The molecule has 2 atom stereocenters. The van der Waals surface area contributed by atoms with E-state index in [1.807, 2.05) is 29.2 Å². The van der Waals surface area contributed by atoms with Gasteiger partial charge in [-0.25, -0.2) is 4.79 Å². The van der Waals surface area contributed by atoms with E-state index in [-0.39, 0.29) is 18.1 Å². The second kappa shape index (κ2) is 6.35. The van der Waals surface area contributed by atoms with Crippen molar-refractivity contribution in [1.29, 1.82) is 0 Å². The summed E-state index contributed by atoms with van der Waals surface area (Å²) < 4.78 is 10.6. The minimum absolute atomic E-state index is 0.0549. The Hall–Kier alpha value is -1.75. The maximum absolute atomic E-state index is 12.3. The number of nitrogens with one attached hydrogen (secondary N) is 1. The number of methoxy groups -OCH3 is 1. The van der Waals surface area contributed by atoms with E-state index in [1.165, 1.54) is 5.56 Å². The number of hydrogen-bond acceptors (Lipinski definition) is 3. The zero-order chi connectivity index (χ0) is 14.7. The molecule has 1 N–H and O–H groups in total. The van der Waals surface area contributed by atoms with Crippen LogP contribution in [0, 0.1) is 0 Å². The molecule has 5 heteroatoms. The van der Waals surface area contributed by atoms with Crippen LogP contribution in [0.25, 0.3) is 0 Å². The first-order valence-electron chi connectivity index (χ1n) is 7.55. The highest BCUT2D eigenvalue weighted by molar-refractivity contribution is 5.75. The van der Waals surface area contributed by atoms with Crippen LogP contribution in [0.1, 0.15) is 18.4 Å². The summed E-state index contributed by atoms with van der Waals surface area (Å²) in [6, 6.07) is 8.54. The van der Waals surface area contributed by atoms with Gasteiger partial charge >= 0.3 is 6.03 Å². The standard InChI is InChI=1S/C16H22N2O3/c1-20-15-6-2-12(3-7-15)8-9-17-16(19)18-13-4-5-14(18)11-21-10-13/h2-3,6-7,13-14H,4-5,8-11H2,1H3,(H,17,19)/t13-,14-/m0/s1. The second-order valence-corrected chi connectivity index (χ2v) is 5.66. The molecule has 2 amide bonds. The molecule has 0 radical (unpaired) electrons. The molecule has 0 spiro atoms. The van der Waals surface area contributed by atoms with E-state index in [1.54, 1.807) is 7.11 Å². The molecule has 1 aromatic rings. The van der Waals surface area contributed by atoms with E-state index in [4.69, 9.17) is 9.47 Å². The van der Waals surface area contributed by atoms with Crippen molar-refractivity contribution in [2.75, 3.05) is 26.9 Å². The van der Waals surface area contributed by atoms with Crippen molar-refractivity contribution in [3.63, 3.8) is 0 Å².